The predicted octanol–water partition coefficient (Wildman–Crippen LogP) is 3.92. The third kappa shape index (κ3) is 5.53. The Hall–Kier alpha value is -1.06. The van der Waals surface area contributed by atoms with Gasteiger partial charge in [0, 0.05) is 50.0 Å². The Balaban J connectivity index is 0.00000289. The SMILES string of the molecule is CCNC(=NCc1ccc(N2CCC(CO)CC2)cc1)NC1CC(OCC)C12CCC2.I. The maximum Gasteiger partial charge on any atom is 0.191 e. The minimum absolute atomic E-state index is 0. The fraction of sp³-hybridized carbons (Fsp3) is 0.720. The van der Waals surface area contributed by atoms with Gasteiger partial charge in [-0.25, -0.2) is 4.99 Å². The summed E-state index contributed by atoms with van der Waals surface area (Å²) in [6.45, 7) is 8.95. The van der Waals surface area contributed by atoms with Gasteiger partial charge in [-0.15, -0.1) is 24.0 Å². The van der Waals surface area contributed by atoms with Crippen LogP contribution in [0.25, 0.3) is 0 Å². The normalized spacial score (nSPS) is 25.0. The summed E-state index contributed by atoms with van der Waals surface area (Å²) in [5.74, 6) is 1.39. The number of anilines is 1. The van der Waals surface area contributed by atoms with Crippen molar-refractivity contribution in [2.24, 2.45) is 16.3 Å². The van der Waals surface area contributed by atoms with Gasteiger partial charge in [0.1, 0.15) is 0 Å². The Morgan fingerprint density at radius 2 is 1.91 bits per heavy atom. The number of halogens is 1. The summed E-state index contributed by atoms with van der Waals surface area (Å²) in [6, 6.07) is 9.30. The van der Waals surface area contributed by atoms with Crippen LogP contribution in [0, 0.1) is 11.3 Å². The fourth-order valence-electron chi connectivity index (χ4n) is 5.48. The lowest BCUT2D eigenvalue weighted by Crippen LogP contribution is -2.68. The van der Waals surface area contributed by atoms with E-state index in [1.54, 1.807) is 0 Å². The number of aliphatic hydroxyl groups excluding tert-OH is 1. The quantitative estimate of drug-likeness (QED) is 0.258. The molecule has 3 aliphatic rings. The Labute approximate surface area is 210 Å². The van der Waals surface area contributed by atoms with Crippen molar-refractivity contribution in [1.82, 2.24) is 10.6 Å². The molecule has 3 N–H and O–H groups in total. The summed E-state index contributed by atoms with van der Waals surface area (Å²) < 4.78 is 5.99. The van der Waals surface area contributed by atoms with Gasteiger partial charge in [-0.3, -0.25) is 0 Å². The molecular formula is C25H41IN4O2. The molecule has 4 rings (SSSR count). The molecule has 2 atom stereocenters. The lowest BCUT2D eigenvalue weighted by atomic mass is 9.51. The van der Waals surface area contributed by atoms with Crippen LogP contribution in [0.3, 0.4) is 0 Å². The van der Waals surface area contributed by atoms with E-state index in [1.807, 2.05) is 0 Å². The van der Waals surface area contributed by atoms with Gasteiger partial charge in [0.25, 0.3) is 0 Å². The Morgan fingerprint density at radius 1 is 1.19 bits per heavy atom. The molecule has 1 spiro atoms. The molecule has 0 aromatic heterocycles. The summed E-state index contributed by atoms with van der Waals surface area (Å²) >= 11 is 0. The van der Waals surface area contributed by atoms with Crippen molar-refractivity contribution in [2.45, 2.75) is 71.1 Å². The first kappa shape index (κ1) is 25.6. The number of benzene rings is 1. The molecule has 0 amide bonds. The molecule has 0 radical (unpaired) electrons. The summed E-state index contributed by atoms with van der Waals surface area (Å²) in [7, 11) is 0. The Bertz CT molecular complexity index is 730. The Kier molecular flexibility index (Phi) is 9.49. The van der Waals surface area contributed by atoms with Crippen molar-refractivity contribution >= 4 is 35.6 Å². The highest BCUT2D eigenvalue weighted by Crippen LogP contribution is 2.57. The molecule has 32 heavy (non-hydrogen) atoms. The van der Waals surface area contributed by atoms with Crippen LogP contribution in [0.2, 0.25) is 0 Å². The van der Waals surface area contributed by atoms with E-state index < -0.39 is 0 Å². The topological polar surface area (TPSA) is 69.1 Å². The van der Waals surface area contributed by atoms with Gasteiger partial charge in [-0.2, -0.15) is 0 Å². The van der Waals surface area contributed by atoms with E-state index in [0.29, 0.717) is 36.6 Å². The zero-order valence-electron chi connectivity index (χ0n) is 19.7. The molecule has 6 nitrogen and oxygen atoms in total. The van der Waals surface area contributed by atoms with Gasteiger partial charge in [0.15, 0.2) is 5.96 Å². The Morgan fingerprint density at radius 3 is 2.47 bits per heavy atom. The zero-order chi connectivity index (χ0) is 21.7. The number of aliphatic imine (C=N–C) groups is 1. The summed E-state index contributed by atoms with van der Waals surface area (Å²) in [6.07, 6.45) is 7.51. The molecule has 1 aliphatic heterocycles. The first-order chi connectivity index (χ1) is 15.2. The van der Waals surface area contributed by atoms with Crippen LogP contribution in [0.1, 0.15) is 57.9 Å². The van der Waals surface area contributed by atoms with E-state index in [1.165, 1.54) is 30.5 Å². The summed E-state index contributed by atoms with van der Waals surface area (Å²) in [5, 5.41) is 16.5. The minimum atomic E-state index is 0. The third-order valence-electron chi connectivity index (χ3n) is 7.69. The van der Waals surface area contributed by atoms with E-state index in [-0.39, 0.29) is 24.0 Å². The van der Waals surface area contributed by atoms with Crippen LogP contribution >= 0.6 is 24.0 Å². The zero-order valence-corrected chi connectivity index (χ0v) is 22.0. The molecule has 3 fully saturated rings. The molecule has 1 saturated heterocycles. The third-order valence-corrected chi connectivity index (χ3v) is 7.69. The monoisotopic (exact) mass is 556 g/mol. The van der Waals surface area contributed by atoms with Crippen molar-refractivity contribution in [1.29, 1.82) is 0 Å². The largest absolute Gasteiger partial charge is 0.396 e. The summed E-state index contributed by atoms with van der Waals surface area (Å²) in [5.41, 5.74) is 2.83. The van der Waals surface area contributed by atoms with Crippen molar-refractivity contribution < 1.29 is 9.84 Å². The molecule has 2 saturated carbocycles. The van der Waals surface area contributed by atoms with E-state index >= 15 is 0 Å². The number of ether oxygens (including phenoxy) is 1. The van der Waals surface area contributed by atoms with E-state index in [4.69, 9.17) is 9.73 Å². The number of hydrogen-bond donors (Lipinski definition) is 3. The molecule has 1 aromatic carbocycles. The lowest BCUT2D eigenvalue weighted by Gasteiger charge is -2.61. The molecular weight excluding hydrogens is 515 g/mol. The number of nitrogens with zero attached hydrogens (tertiary/aromatic N) is 2. The fourth-order valence-corrected chi connectivity index (χ4v) is 5.48. The van der Waals surface area contributed by atoms with Gasteiger partial charge >= 0.3 is 0 Å². The highest BCUT2D eigenvalue weighted by Gasteiger charge is 2.59. The van der Waals surface area contributed by atoms with Crippen molar-refractivity contribution in [2.75, 3.05) is 37.7 Å². The van der Waals surface area contributed by atoms with Crippen molar-refractivity contribution in [3.05, 3.63) is 29.8 Å². The van der Waals surface area contributed by atoms with Gasteiger partial charge in [-0.05, 0) is 69.6 Å². The molecule has 0 bridgehead atoms. The average Bonchev–Trinajstić information content (AvgIpc) is 2.76. The van der Waals surface area contributed by atoms with Crippen LogP contribution in [-0.4, -0.2) is 56.1 Å². The van der Waals surface area contributed by atoms with E-state index in [0.717, 1.165) is 51.5 Å². The minimum Gasteiger partial charge on any atom is -0.396 e. The molecule has 1 aromatic rings. The summed E-state index contributed by atoms with van der Waals surface area (Å²) in [4.78, 5) is 7.30. The van der Waals surface area contributed by atoms with Crippen LogP contribution < -0.4 is 15.5 Å². The van der Waals surface area contributed by atoms with Crippen LogP contribution in [-0.2, 0) is 11.3 Å². The van der Waals surface area contributed by atoms with Crippen molar-refractivity contribution in [3.63, 3.8) is 0 Å². The molecule has 180 valence electrons. The first-order valence-electron chi connectivity index (χ1n) is 12.3. The second-order valence-corrected chi connectivity index (χ2v) is 9.44. The maximum atomic E-state index is 9.34. The van der Waals surface area contributed by atoms with Gasteiger partial charge in [-0.1, -0.05) is 18.6 Å². The van der Waals surface area contributed by atoms with Crippen LogP contribution in [0.15, 0.2) is 29.3 Å². The maximum absolute atomic E-state index is 9.34. The molecule has 2 unspecified atom stereocenters. The molecule has 1 heterocycles. The van der Waals surface area contributed by atoms with Gasteiger partial charge in [0.2, 0.25) is 0 Å². The second-order valence-electron chi connectivity index (χ2n) is 9.44. The molecule has 2 aliphatic carbocycles. The van der Waals surface area contributed by atoms with Crippen LogP contribution in [0.5, 0.6) is 0 Å². The average molecular weight is 557 g/mol. The number of hydrogen-bond acceptors (Lipinski definition) is 4. The number of rotatable bonds is 8. The highest BCUT2D eigenvalue weighted by atomic mass is 127. The van der Waals surface area contributed by atoms with Crippen LogP contribution in [0.4, 0.5) is 5.69 Å². The second kappa shape index (κ2) is 11.9. The van der Waals surface area contributed by atoms with Gasteiger partial charge in [0.05, 0.1) is 12.6 Å². The van der Waals surface area contributed by atoms with Gasteiger partial charge < -0.3 is 25.4 Å². The predicted molar refractivity (Wildman–Crippen MR) is 142 cm³/mol. The first-order valence-corrected chi connectivity index (χ1v) is 12.3. The number of piperidine rings is 1. The number of aliphatic hydroxyl groups is 1. The smallest absolute Gasteiger partial charge is 0.191 e. The number of nitrogens with one attached hydrogen (secondary N) is 2. The number of guanidine groups is 1. The van der Waals surface area contributed by atoms with E-state index in [2.05, 4.69) is 53.6 Å². The van der Waals surface area contributed by atoms with Crippen molar-refractivity contribution in [3.8, 4) is 0 Å². The lowest BCUT2D eigenvalue weighted by molar-refractivity contribution is -0.168. The van der Waals surface area contributed by atoms with E-state index in [9.17, 15) is 5.11 Å². The molecule has 7 heteroatoms. The standard InChI is InChI=1S/C25H40N4O2.HI/c1-3-26-24(28-22-16-23(31-4-2)25(22)12-5-13-25)27-17-19-6-8-21(9-7-19)29-14-10-20(18-30)11-15-29;/h6-9,20,22-23,30H,3-5,10-18H2,1-2H3,(H2,26,27,28);1H. The highest BCUT2D eigenvalue weighted by molar-refractivity contribution is 14.0.